The Morgan fingerprint density at radius 2 is 1.48 bits per heavy atom. The number of fused-ring (bicyclic) bond motifs is 1. The molecular weight excluding hydrogens is 320 g/mol. The molecule has 2 aliphatic rings. The van der Waals surface area contributed by atoms with Crippen molar-refractivity contribution in [1.82, 2.24) is 0 Å². The molecule has 25 heavy (non-hydrogen) atoms. The van der Waals surface area contributed by atoms with Crippen LogP contribution in [0.25, 0.3) is 0 Å². The summed E-state index contributed by atoms with van der Waals surface area (Å²) in [6.07, 6.45) is -1.01. The van der Waals surface area contributed by atoms with E-state index < -0.39 is 6.10 Å². The van der Waals surface area contributed by atoms with Crippen molar-refractivity contribution in [2.24, 2.45) is 0 Å². The average molecular weight is 340 g/mol. The SMILES string of the molecule is O=C(OC1COC2C(OCc3ccccc3)COC12)c1ccccc1. The lowest BCUT2D eigenvalue weighted by Gasteiger charge is -2.17. The van der Waals surface area contributed by atoms with E-state index in [1.165, 1.54) is 0 Å². The Labute approximate surface area is 146 Å². The lowest BCUT2D eigenvalue weighted by molar-refractivity contribution is -0.0471. The number of esters is 1. The molecule has 5 heteroatoms. The van der Waals surface area contributed by atoms with Gasteiger partial charge in [-0.15, -0.1) is 0 Å². The van der Waals surface area contributed by atoms with Crippen LogP contribution in [-0.2, 0) is 25.6 Å². The number of rotatable bonds is 5. The largest absolute Gasteiger partial charge is 0.453 e. The lowest BCUT2D eigenvalue weighted by atomic mass is 10.1. The van der Waals surface area contributed by atoms with Crippen LogP contribution in [0.15, 0.2) is 60.7 Å². The number of hydrogen-bond acceptors (Lipinski definition) is 5. The summed E-state index contributed by atoms with van der Waals surface area (Å²) in [4.78, 5) is 12.2. The van der Waals surface area contributed by atoms with Crippen LogP contribution in [-0.4, -0.2) is 43.6 Å². The summed E-state index contributed by atoms with van der Waals surface area (Å²) in [5.41, 5.74) is 1.64. The molecule has 2 aliphatic heterocycles. The molecule has 4 unspecified atom stereocenters. The van der Waals surface area contributed by atoms with Crippen molar-refractivity contribution in [2.45, 2.75) is 31.0 Å². The molecule has 0 amide bonds. The Hall–Kier alpha value is -2.21. The van der Waals surface area contributed by atoms with Gasteiger partial charge in [-0.3, -0.25) is 0 Å². The smallest absolute Gasteiger partial charge is 0.338 e. The van der Waals surface area contributed by atoms with Gasteiger partial charge in [-0.1, -0.05) is 48.5 Å². The van der Waals surface area contributed by atoms with Gasteiger partial charge in [0.15, 0.2) is 6.10 Å². The maximum absolute atomic E-state index is 12.2. The van der Waals surface area contributed by atoms with E-state index >= 15 is 0 Å². The molecule has 0 spiro atoms. The molecule has 2 aromatic carbocycles. The highest BCUT2D eigenvalue weighted by molar-refractivity contribution is 5.89. The number of carbonyl (C=O) groups is 1. The molecule has 130 valence electrons. The fourth-order valence-electron chi connectivity index (χ4n) is 3.23. The summed E-state index contributed by atoms with van der Waals surface area (Å²) in [7, 11) is 0. The highest BCUT2D eigenvalue weighted by Crippen LogP contribution is 2.31. The van der Waals surface area contributed by atoms with Crippen LogP contribution in [0.4, 0.5) is 0 Å². The van der Waals surface area contributed by atoms with E-state index in [0.29, 0.717) is 25.4 Å². The molecule has 0 N–H and O–H groups in total. The zero-order valence-corrected chi connectivity index (χ0v) is 13.7. The summed E-state index contributed by atoms with van der Waals surface area (Å²) in [5.74, 6) is -0.355. The van der Waals surface area contributed by atoms with Gasteiger partial charge in [0.1, 0.15) is 18.3 Å². The van der Waals surface area contributed by atoms with Crippen LogP contribution in [0, 0.1) is 0 Å². The molecule has 4 rings (SSSR count). The van der Waals surface area contributed by atoms with E-state index in [4.69, 9.17) is 18.9 Å². The summed E-state index contributed by atoms with van der Waals surface area (Å²) in [6.45, 7) is 1.29. The number of ether oxygens (including phenoxy) is 4. The molecule has 2 fully saturated rings. The monoisotopic (exact) mass is 340 g/mol. The summed E-state index contributed by atoms with van der Waals surface area (Å²) in [5, 5.41) is 0. The molecule has 5 nitrogen and oxygen atoms in total. The minimum atomic E-state index is -0.400. The molecule has 0 saturated carbocycles. The third-order valence-electron chi connectivity index (χ3n) is 4.54. The van der Waals surface area contributed by atoms with Gasteiger partial charge < -0.3 is 18.9 Å². The van der Waals surface area contributed by atoms with Gasteiger partial charge in [0, 0.05) is 0 Å². The Morgan fingerprint density at radius 3 is 2.20 bits per heavy atom. The van der Waals surface area contributed by atoms with Gasteiger partial charge in [0.25, 0.3) is 0 Å². The molecule has 0 radical (unpaired) electrons. The van der Waals surface area contributed by atoms with Crippen LogP contribution in [0.3, 0.4) is 0 Å². The zero-order valence-electron chi connectivity index (χ0n) is 13.7. The van der Waals surface area contributed by atoms with E-state index in [2.05, 4.69) is 0 Å². The molecular formula is C20H20O5. The van der Waals surface area contributed by atoms with E-state index in [1.54, 1.807) is 12.1 Å². The molecule has 0 aromatic heterocycles. The lowest BCUT2D eigenvalue weighted by Crippen LogP contribution is -2.35. The van der Waals surface area contributed by atoms with Crippen molar-refractivity contribution >= 4 is 5.97 Å². The van der Waals surface area contributed by atoms with Gasteiger partial charge in [-0.2, -0.15) is 0 Å². The first kappa shape index (κ1) is 16.3. The van der Waals surface area contributed by atoms with Crippen LogP contribution >= 0.6 is 0 Å². The van der Waals surface area contributed by atoms with E-state index in [1.807, 2.05) is 48.5 Å². The molecule has 2 heterocycles. The van der Waals surface area contributed by atoms with Gasteiger partial charge in [-0.25, -0.2) is 4.79 Å². The predicted molar refractivity (Wildman–Crippen MR) is 90.1 cm³/mol. The molecule has 2 saturated heterocycles. The highest BCUT2D eigenvalue weighted by atomic mass is 16.7. The van der Waals surface area contributed by atoms with Crippen LogP contribution < -0.4 is 0 Å². The maximum atomic E-state index is 12.2. The minimum absolute atomic E-state index is 0.148. The molecule has 0 bridgehead atoms. The Kier molecular flexibility index (Phi) is 4.78. The Bertz CT molecular complexity index is 703. The summed E-state index contributed by atoms with van der Waals surface area (Å²) < 4.78 is 23.1. The Balaban J connectivity index is 1.33. The van der Waals surface area contributed by atoms with Crippen molar-refractivity contribution in [2.75, 3.05) is 13.2 Å². The van der Waals surface area contributed by atoms with Crippen molar-refractivity contribution in [1.29, 1.82) is 0 Å². The third-order valence-corrected chi connectivity index (χ3v) is 4.54. The Morgan fingerprint density at radius 1 is 0.880 bits per heavy atom. The topological polar surface area (TPSA) is 54.0 Å². The second-order valence-electron chi connectivity index (χ2n) is 6.24. The van der Waals surface area contributed by atoms with Gasteiger partial charge >= 0.3 is 5.97 Å². The minimum Gasteiger partial charge on any atom is -0.453 e. The van der Waals surface area contributed by atoms with Crippen LogP contribution in [0.1, 0.15) is 15.9 Å². The summed E-state index contributed by atoms with van der Waals surface area (Å²) >= 11 is 0. The average Bonchev–Trinajstić information content (AvgIpc) is 3.25. The van der Waals surface area contributed by atoms with Crippen LogP contribution in [0.5, 0.6) is 0 Å². The van der Waals surface area contributed by atoms with E-state index in [9.17, 15) is 4.79 Å². The quantitative estimate of drug-likeness (QED) is 0.783. The van der Waals surface area contributed by atoms with Gasteiger partial charge in [-0.05, 0) is 17.7 Å². The first-order chi connectivity index (χ1) is 12.3. The number of hydrogen-bond donors (Lipinski definition) is 0. The van der Waals surface area contributed by atoms with Gasteiger partial charge in [0.2, 0.25) is 0 Å². The molecule has 4 atom stereocenters. The van der Waals surface area contributed by atoms with E-state index in [-0.39, 0.29) is 24.3 Å². The normalized spacial score (nSPS) is 27.8. The first-order valence-electron chi connectivity index (χ1n) is 8.46. The maximum Gasteiger partial charge on any atom is 0.338 e. The second kappa shape index (κ2) is 7.35. The zero-order chi connectivity index (χ0) is 17.1. The molecule has 2 aromatic rings. The highest BCUT2D eigenvalue weighted by Gasteiger charge is 2.50. The van der Waals surface area contributed by atoms with Crippen LogP contribution in [0.2, 0.25) is 0 Å². The van der Waals surface area contributed by atoms with Crippen molar-refractivity contribution in [3.63, 3.8) is 0 Å². The first-order valence-corrected chi connectivity index (χ1v) is 8.46. The fraction of sp³-hybridized carbons (Fsp3) is 0.350. The van der Waals surface area contributed by atoms with Crippen molar-refractivity contribution < 1.29 is 23.7 Å². The fourth-order valence-corrected chi connectivity index (χ4v) is 3.23. The van der Waals surface area contributed by atoms with Crippen molar-refractivity contribution in [3.05, 3.63) is 71.8 Å². The van der Waals surface area contributed by atoms with E-state index in [0.717, 1.165) is 5.56 Å². The third kappa shape index (κ3) is 3.58. The molecule has 0 aliphatic carbocycles. The standard InChI is InChI=1S/C20H20O5/c21-20(15-9-5-2-6-10-15)25-17-13-24-18-16(12-23-19(17)18)22-11-14-7-3-1-4-8-14/h1-10,16-19H,11-13H2. The summed E-state index contributed by atoms with van der Waals surface area (Å²) in [6, 6.07) is 18.9. The predicted octanol–water partition coefficient (Wildman–Crippen LogP) is 2.60. The van der Waals surface area contributed by atoms with Gasteiger partial charge in [0.05, 0.1) is 25.4 Å². The number of carbonyl (C=O) groups excluding carboxylic acids is 1. The van der Waals surface area contributed by atoms with Crippen molar-refractivity contribution in [3.8, 4) is 0 Å². The second-order valence-corrected chi connectivity index (χ2v) is 6.24. The number of benzene rings is 2.